The number of aromatic nitrogens is 1. The molecule has 0 fully saturated rings. The molecule has 2 aromatic rings. The highest BCUT2D eigenvalue weighted by molar-refractivity contribution is 9.10. The monoisotopic (exact) mass is 367 g/mol. The van der Waals surface area contributed by atoms with Crippen molar-refractivity contribution in [1.82, 2.24) is 4.57 Å². The van der Waals surface area contributed by atoms with Crippen molar-refractivity contribution >= 4 is 27.7 Å². The van der Waals surface area contributed by atoms with Crippen molar-refractivity contribution in [2.24, 2.45) is 0 Å². The van der Waals surface area contributed by atoms with Crippen molar-refractivity contribution in [3.63, 3.8) is 0 Å². The normalized spacial score (nSPS) is 10.5. The summed E-state index contributed by atoms with van der Waals surface area (Å²) in [5.74, 6) is -1.20. The molecule has 0 radical (unpaired) electrons. The summed E-state index contributed by atoms with van der Waals surface area (Å²) in [6.07, 6.45) is 1.36. The first-order valence-electron chi connectivity index (χ1n) is 6.83. The fraction of sp³-hybridized carbons (Fsp3) is 0.250. The Labute approximate surface area is 136 Å². The number of halogens is 2. The van der Waals surface area contributed by atoms with Gasteiger partial charge in [0, 0.05) is 35.3 Å². The molecule has 0 aliphatic carbocycles. The van der Waals surface area contributed by atoms with Crippen LogP contribution in [0.25, 0.3) is 0 Å². The molecule has 0 saturated heterocycles. The zero-order valence-corrected chi connectivity index (χ0v) is 13.6. The van der Waals surface area contributed by atoms with Gasteiger partial charge in [-0.15, -0.1) is 0 Å². The Morgan fingerprint density at radius 3 is 2.59 bits per heavy atom. The minimum absolute atomic E-state index is 0.0728. The fourth-order valence-corrected chi connectivity index (χ4v) is 2.30. The number of ether oxygens (including phenoxy) is 1. The van der Waals surface area contributed by atoms with Crippen LogP contribution in [0.4, 0.5) is 4.39 Å². The van der Waals surface area contributed by atoms with Gasteiger partial charge in [0.05, 0.1) is 6.61 Å². The smallest absolute Gasteiger partial charge is 0.355 e. The number of Topliss-reactive ketones (excluding diaryl/α,β-unsaturated/α-hetero) is 1. The minimum Gasteiger partial charge on any atom is -0.461 e. The topological polar surface area (TPSA) is 48.3 Å². The van der Waals surface area contributed by atoms with E-state index in [1.54, 1.807) is 31.2 Å². The predicted octanol–water partition coefficient (Wildman–Crippen LogP) is 3.84. The van der Waals surface area contributed by atoms with Crippen molar-refractivity contribution in [2.75, 3.05) is 6.61 Å². The summed E-state index contributed by atoms with van der Waals surface area (Å²) in [4.78, 5) is 23.8. The molecule has 1 heterocycles. The largest absolute Gasteiger partial charge is 0.461 e. The Morgan fingerprint density at radius 1 is 1.27 bits per heavy atom. The first-order valence-corrected chi connectivity index (χ1v) is 7.62. The number of ketones is 1. The maximum absolute atomic E-state index is 13.4. The molecule has 0 N–H and O–H groups in total. The lowest BCUT2D eigenvalue weighted by atomic mass is 10.1. The molecule has 116 valence electrons. The molecule has 22 heavy (non-hydrogen) atoms. The highest BCUT2D eigenvalue weighted by atomic mass is 79.9. The van der Waals surface area contributed by atoms with Crippen LogP contribution in [-0.2, 0) is 11.3 Å². The summed E-state index contributed by atoms with van der Waals surface area (Å²) in [6.45, 7) is 2.11. The van der Waals surface area contributed by atoms with E-state index in [-0.39, 0.29) is 31.0 Å². The number of carbonyl (C=O) groups is 2. The Hall–Kier alpha value is -1.95. The summed E-state index contributed by atoms with van der Waals surface area (Å²) < 4.78 is 20.5. The Kier molecular flexibility index (Phi) is 5.49. The summed E-state index contributed by atoms with van der Waals surface area (Å²) in [6, 6.07) is 8.12. The van der Waals surface area contributed by atoms with Gasteiger partial charge in [0.1, 0.15) is 11.5 Å². The highest BCUT2D eigenvalue weighted by Crippen LogP contribution is 2.14. The summed E-state index contributed by atoms with van der Waals surface area (Å²) in [5.41, 5.74) is 0.691. The van der Waals surface area contributed by atoms with Crippen molar-refractivity contribution in [2.45, 2.75) is 19.9 Å². The van der Waals surface area contributed by atoms with Crippen LogP contribution < -0.4 is 0 Å². The third-order valence-electron chi connectivity index (χ3n) is 3.09. The Bertz CT molecular complexity index is 679. The van der Waals surface area contributed by atoms with Crippen LogP contribution in [0.2, 0.25) is 0 Å². The summed E-state index contributed by atoms with van der Waals surface area (Å²) >= 11 is 3.30. The molecular weight excluding hydrogens is 353 g/mol. The molecule has 0 atom stereocenters. The van der Waals surface area contributed by atoms with Crippen LogP contribution in [0.1, 0.15) is 34.2 Å². The average molecular weight is 368 g/mol. The van der Waals surface area contributed by atoms with Crippen molar-refractivity contribution in [3.8, 4) is 0 Å². The lowest BCUT2D eigenvalue weighted by molar-refractivity contribution is 0.0512. The van der Waals surface area contributed by atoms with E-state index in [0.29, 0.717) is 5.56 Å². The predicted molar refractivity (Wildman–Crippen MR) is 83.4 cm³/mol. The maximum Gasteiger partial charge on any atom is 0.355 e. The average Bonchev–Trinajstić information content (AvgIpc) is 2.87. The number of carbonyl (C=O) groups excluding carboxylic acids is 2. The molecule has 0 aliphatic heterocycles. The molecule has 0 spiro atoms. The van der Waals surface area contributed by atoms with Crippen molar-refractivity contribution in [3.05, 3.63) is 58.1 Å². The van der Waals surface area contributed by atoms with Crippen LogP contribution in [0.3, 0.4) is 0 Å². The quantitative estimate of drug-likeness (QED) is 0.575. The Balaban J connectivity index is 2.06. The third-order valence-corrected chi connectivity index (χ3v) is 3.62. The van der Waals surface area contributed by atoms with Gasteiger partial charge in [-0.1, -0.05) is 28.1 Å². The minimum atomic E-state index is -0.595. The van der Waals surface area contributed by atoms with Gasteiger partial charge in [-0.25, -0.2) is 9.18 Å². The molecule has 4 nitrogen and oxygen atoms in total. The SMILES string of the molecule is CCOC(=O)c1cc(F)cn1CCC(=O)c1ccc(Br)cc1. The molecule has 1 aromatic carbocycles. The first kappa shape index (κ1) is 16.4. The van der Waals surface area contributed by atoms with Gasteiger partial charge >= 0.3 is 5.97 Å². The maximum atomic E-state index is 13.4. The van der Waals surface area contributed by atoms with Gasteiger partial charge in [-0.05, 0) is 19.1 Å². The standard InChI is InChI=1S/C16H15BrFNO3/c1-2-22-16(21)14-9-13(18)10-19(14)8-7-15(20)11-3-5-12(17)6-4-11/h3-6,9-10H,2,7-8H2,1H3. The molecular formula is C16H15BrFNO3. The zero-order valence-electron chi connectivity index (χ0n) is 12.0. The van der Waals surface area contributed by atoms with Gasteiger partial charge in [0.2, 0.25) is 0 Å². The second-order valence-electron chi connectivity index (χ2n) is 4.64. The van der Waals surface area contributed by atoms with Crippen molar-refractivity contribution < 1.29 is 18.7 Å². The number of hydrogen-bond acceptors (Lipinski definition) is 3. The van der Waals surface area contributed by atoms with Crippen LogP contribution in [0, 0.1) is 5.82 Å². The third kappa shape index (κ3) is 4.04. The van der Waals surface area contributed by atoms with Crippen molar-refractivity contribution in [1.29, 1.82) is 0 Å². The van der Waals surface area contributed by atoms with E-state index in [9.17, 15) is 14.0 Å². The number of benzene rings is 1. The second-order valence-corrected chi connectivity index (χ2v) is 5.55. The molecule has 1 aromatic heterocycles. The van der Waals surface area contributed by atoms with E-state index < -0.39 is 11.8 Å². The van der Waals surface area contributed by atoms with Gasteiger partial charge < -0.3 is 9.30 Å². The van der Waals surface area contributed by atoms with Gasteiger partial charge in [0.25, 0.3) is 0 Å². The molecule has 0 aliphatic rings. The fourth-order valence-electron chi connectivity index (χ4n) is 2.04. The summed E-state index contributed by atoms with van der Waals surface area (Å²) in [7, 11) is 0. The van der Waals surface area contributed by atoms with Gasteiger partial charge in [-0.2, -0.15) is 0 Å². The first-order chi connectivity index (χ1) is 10.5. The lowest BCUT2D eigenvalue weighted by Crippen LogP contribution is -2.13. The van der Waals surface area contributed by atoms with Crippen LogP contribution in [-0.4, -0.2) is 22.9 Å². The molecule has 0 amide bonds. The molecule has 6 heteroatoms. The Morgan fingerprint density at radius 2 is 1.95 bits per heavy atom. The van der Waals surface area contributed by atoms with Crippen LogP contribution in [0.5, 0.6) is 0 Å². The van der Waals surface area contributed by atoms with E-state index in [2.05, 4.69) is 15.9 Å². The van der Waals surface area contributed by atoms with Gasteiger partial charge in [-0.3, -0.25) is 4.79 Å². The summed E-state index contributed by atoms with van der Waals surface area (Å²) in [5, 5.41) is 0. The lowest BCUT2D eigenvalue weighted by Gasteiger charge is -2.08. The molecule has 2 rings (SSSR count). The zero-order chi connectivity index (χ0) is 16.1. The van der Waals surface area contributed by atoms with E-state index in [4.69, 9.17) is 4.74 Å². The van der Waals surface area contributed by atoms with E-state index in [1.165, 1.54) is 10.8 Å². The number of hydrogen-bond donors (Lipinski definition) is 0. The van der Waals surface area contributed by atoms with E-state index in [1.807, 2.05) is 0 Å². The molecule has 0 bridgehead atoms. The second kappa shape index (κ2) is 7.35. The van der Waals surface area contributed by atoms with E-state index in [0.717, 1.165) is 10.5 Å². The highest BCUT2D eigenvalue weighted by Gasteiger charge is 2.16. The van der Waals surface area contributed by atoms with Crippen LogP contribution in [0.15, 0.2) is 41.0 Å². The number of aryl methyl sites for hydroxylation is 1. The van der Waals surface area contributed by atoms with E-state index >= 15 is 0 Å². The van der Waals surface area contributed by atoms with Gasteiger partial charge in [0.15, 0.2) is 5.78 Å². The number of esters is 1. The number of nitrogens with zero attached hydrogens (tertiary/aromatic N) is 1. The number of rotatable bonds is 6. The van der Waals surface area contributed by atoms with Crippen LogP contribution >= 0.6 is 15.9 Å². The molecule has 0 saturated carbocycles. The molecule has 0 unspecified atom stereocenters.